The van der Waals surface area contributed by atoms with Crippen molar-refractivity contribution in [3.05, 3.63) is 23.8 Å². The van der Waals surface area contributed by atoms with Crippen molar-refractivity contribution in [2.45, 2.75) is 53.0 Å². The summed E-state index contributed by atoms with van der Waals surface area (Å²) in [6, 6.07) is 6.00. The zero-order valence-corrected chi connectivity index (χ0v) is 17.1. The van der Waals surface area contributed by atoms with Crippen LogP contribution in [0.1, 0.15) is 58.6 Å². The molecule has 1 amide bonds. The molecule has 2 atom stereocenters. The maximum atomic E-state index is 13.0. The third-order valence-corrected chi connectivity index (χ3v) is 6.00. The zero-order chi connectivity index (χ0) is 19.4. The normalized spacial score (nSPS) is 21.7. The van der Waals surface area contributed by atoms with Crippen molar-refractivity contribution in [3.63, 3.8) is 0 Å². The third-order valence-electron chi connectivity index (χ3n) is 6.00. The van der Waals surface area contributed by atoms with Gasteiger partial charge in [-0.15, -0.1) is 0 Å². The Hall–Kier alpha value is -1.75. The SMILES string of the molecule is CCOc1ccc(C(NC(=O)C2CC23CCNCC3)C(C)C)cc1OCC. The van der Waals surface area contributed by atoms with Crippen molar-refractivity contribution in [1.82, 2.24) is 10.6 Å². The molecule has 2 aliphatic rings. The molecule has 5 nitrogen and oxygen atoms in total. The number of carbonyl (C=O) groups excluding carboxylic acids is 1. The van der Waals surface area contributed by atoms with E-state index in [9.17, 15) is 4.79 Å². The molecule has 1 aromatic rings. The van der Waals surface area contributed by atoms with E-state index in [4.69, 9.17) is 9.47 Å². The van der Waals surface area contributed by atoms with Crippen LogP contribution in [0.5, 0.6) is 11.5 Å². The molecule has 0 aromatic heterocycles. The van der Waals surface area contributed by atoms with Crippen LogP contribution in [-0.4, -0.2) is 32.2 Å². The van der Waals surface area contributed by atoms with Crippen LogP contribution < -0.4 is 20.1 Å². The van der Waals surface area contributed by atoms with Gasteiger partial charge in [0.2, 0.25) is 5.91 Å². The fourth-order valence-corrected chi connectivity index (χ4v) is 4.35. The maximum Gasteiger partial charge on any atom is 0.224 e. The van der Waals surface area contributed by atoms with Gasteiger partial charge in [0, 0.05) is 5.92 Å². The Bertz CT molecular complexity index is 653. The predicted molar refractivity (Wildman–Crippen MR) is 107 cm³/mol. The smallest absolute Gasteiger partial charge is 0.224 e. The van der Waals surface area contributed by atoms with E-state index in [1.54, 1.807) is 0 Å². The quantitative estimate of drug-likeness (QED) is 0.729. The van der Waals surface area contributed by atoms with Crippen LogP contribution in [0, 0.1) is 17.3 Å². The monoisotopic (exact) mass is 374 g/mol. The molecule has 2 unspecified atom stereocenters. The highest BCUT2D eigenvalue weighted by atomic mass is 16.5. The second-order valence-electron chi connectivity index (χ2n) is 8.17. The lowest BCUT2D eigenvalue weighted by Gasteiger charge is -2.26. The Morgan fingerprint density at radius 1 is 1.19 bits per heavy atom. The molecule has 1 aromatic carbocycles. The van der Waals surface area contributed by atoms with E-state index >= 15 is 0 Å². The summed E-state index contributed by atoms with van der Waals surface area (Å²) in [5.74, 6) is 2.19. The van der Waals surface area contributed by atoms with E-state index in [2.05, 4.69) is 24.5 Å². The van der Waals surface area contributed by atoms with Crippen molar-refractivity contribution in [1.29, 1.82) is 0 Å². The Morgan fingerprint density at radius 2 is 1.85 bits per heavy atom. The molecule has 2 fully saturated rings. The van der Waals surface area contributed by atoms with E-state index < -0.39 is 0 Å². The summed E-state index contributed by atoms with van der Waals surface area (Å²) in [6.45, 7) is 11.5. The van der Waals surface area contributed by atoms with Crippen LogP contribution >= 0.6 is 0 Å². The average Bonchev–Trinajstić information content (AvgIpc) is 3.34. The van der Waals surface area contributed by atoms with Gasteiger partial charge in [0.25, 0.3) is 0 Å². The van der Waals surface area contributed by atoms with Crippen molar-refractivity contribution >= 4 is 5.91 Å². The number of nitrogens with one attached hydrogen (secondary N) is 2. The fraction of sp³-hybridized carbons (Fsp3) is 0.682. The summed E-state index contributed by atoms with van der Waals surface area (Å²) in [6.07, 6.45) is 3.28. The van der Waals surface area contributed by atoms with E-state index in [0.29, 0.717) is 19.1 Å². The summed E-state index contributed by atoms with van der Waals surface area (Å²) < 4.78 is 11.4. The minimum absolute atomic E-state index is 0.0215. The summed E-state index contributed by atoms with van der Waals surface area (Å²) in [5.41, 5.74) is 1.33. The van der Waals surface area contributed by atoms with E-state index in [1.807, 2.05) is 32.0 Å². The number of ether oxygens (including phenoxy) is 2. The highest BCUT2D eigenvalue weighted by Gasteiger charge is 2.57. The van der Waals surface area contributed by atoms with Crippen LogP contribution in [0.25, 0.3) is 0 Å². The molecule has 1 spiro atoms. The molecule has 1 aliphatic carbocycles. The molecule has 150 valence electrons. The molecular formula is C22H34N2O3. The summed E-state index contributed by atoms with van der Waals surface area (Å²) in [4.78, 5) is 13.0. The predicted octanol–water partition coefficient (Wildman–Crippen LogP) is 3.69. The Balaban J connectivity index is 1.73. The first-order valence-electron chi connectivity index (χ1n) is 10.4. The minimum atomic E-state index is -0.0215. The molecule has 1 heterocycles. The highest BCUT2D eigenvalue weighted by molar-refractivity contribution is 5.83. The van der Waals surface area contributed by atoms with Gasteiger partial charge in [-0.05, 0) is 75.2 Å². The van der Waals surface area contributed by atoms with Gasteiger partial charge in [0.05, 0.1) is 19.3 Å². The summed E-state index contributed by atoms with van der Waals surface area (Å²) >= 11 is 0. The zero-order valence-electron chi connectivity index (χ0n) is 17.1. The lowest BCUT2D eigenvalue weighted by Crippen LogP contribution is -2.36. The standard InChI is InChI=1S/C22H34N2O3/c1-5-26-18-8-7-16(13-19(18)27-6-2)20(15(3)4)24-21(25)17-14-22(17)9-11-23-12-10-22/h7-8,13,15,17,20,23H,5-6,9-12,14H2,1-4H3,(H,24,25). The fourth-order valence-electron chi connectivity index (χ4n) is 4.35. The Morgan fingerprint density at radius 3 is 2.48 bits per heavy atom. The summed E-state index contributed by atoms with van der Waals surface area (Å²) in [5, 5.41) is 6.73. The lowest BCUT2D eigenvalue weighted by molar-refractivity contribution is -0.124. The van der Waals surface area contributed by atoms with Gasteiger partial charge >= 0.3 is 0 Å². The van der Waals surface area contributed by atoms with Crippen molar-refractivity contribution in [3.8, 4) is 11.5 Å². The molecule has 27 heavy (non-hydrogen) atoms. The Kier molecular flexibility index (Phi) is 6.30. The number of hydrogen-bond donors (Lipinski definition) is 2. The van der Waals surface area contributed by atoms with Crippen LogP contribution in [-0.2, 0) is 4.79 Å². The van der Waals surface area contributed by atoms with E-state index in [-0.39, 0.29) is 23.3 Å². The van der Waals surface area contributed by atoms with Crippen LogP contribution in [0.4, 0.5) is 0 Å². The average molecular weight is 375 g/mol. The highest BCUT2D eigenvalue weighted by Crippen LogP contribution is 2.58. The molecule has 5 heteroatoms. The van der Waals surface area contributed by atoms with Crippen molar-refractivity contribution < 1.29 is 14.3 Å². The first-order valence-corrected chi connectivity index (χ1v) is 10.4. The molecule has 0 radical (unpaired) electrons. The van der Waals surface area contributed by atoms with Crippen LogP contribution in [0.3, 0.4) is 0 Å². The van der Waals surface area contributed by atoms with E-state index in [0.717, 1.165) is 49.4 Å². The van der Waals surface area contributed by atoms with Gasteiger partial charge in [0.1, 0.15) is 0 Å². The molecule has 3 rings (SSSR count). The second kappa shape index (κ2) is 8.51. The molecule has 2 N–H and O–H groups in total. The molecule has 0 bridgehead atoms. The van der Waals surface area contributed by atoms with Gasteiger partial charge in [0.15, 0.2) is 11.5 Å². The second-order valence-corrected chi connectivity index (χ2v) is 8.17. The van der Waals surface area contributed by atoms with Gasteiger partial charge in [-0.25, -0.2) is 0 Å². The van der Waals surface area contributed by atoms with Gasteiger partial charge in [-0.3, -0.25) is 4.79 Å². The van der Waals surface area contributed by atoms with Gasteiger partial charge in [-0.2, -0.15) is 0 Å². The van der Waals surface area contributed by atoms with Crippen molar-refractivity contribution in [2.24, 2.45) is 17.3 Å². The Labute approximate surface area is 163 Å². The number of amides is 1. The van der Waals surface area contributed by atoms with Gasteiger partial charge in [-0.1, -0.05) is 19.9 Å². The van der Waals surface area contributed by atoms with E-state index in [1.165, 1.54) is 0 Å². The topological polar surface area (TPSA) is 59.6 Å². The van der Waals surface area contributed by atoms with Gasteiger partial charge < -0.3 is 20.1 Å². The largest absolute Gasteiger partial charge is 0.490 e. The number of rotatable bonds is 8. The molecule has 1 aliphatic heterocycles. The van der Waals surface area contributed by atoms with Crippen LogP contribution in [0.15, 0.2) is 18.2 Å². The third kappa shape index (κ3) is 4.40. The number of carbonyl (C=O) groups is 1. The number of piperidine rings is 1. The molecular weight excluding hydrogens is 340 g/mol. The molecule has 1 saturated heterocycles. The number of hydrogen-bond acceptors (Lipinski definition) is 4. The first kappa shape index (κ1) is 20.0. The number of benzene rings is 1. The first-order chi connectivity index (χ1) is 13.0. The van der Waals surface area contributed by atoms with Crippen molar-refractivity contribution in [2.75, 3.05) is 26.3 Å². The van der Waals surface area contributed by atoms with Crippen LogP contribution in [0.2, 0.25) is 0 Å². The minimum Gasteiger partial charge on any atom is -0.490 e. The summed E-state index contributed by atoms with van der Waals surface area (Å²) in [7, 11) is 0. The molecule has 1 saturated carbocycles. The maximum absolute atomic E-state index is 13.0. The lowest BCUT2D eigenvalue weighted by atomic mass is 9.91.